The van der Waals surface area contributed by atoms with Crippen molar-refractivity contribution in [1.29, 1.82) is 0 Å². The number of carbonyl (C=O) groups is 1. The van der Waals surface area contributed by atoms with Crippen molar-refractivity contribution in [3.8, 4) is 0 Å². The Hall–Kier alpha value is -1.55. The van der Waals surface area contributed by atoms with Crippen molar-refractivity contribution < 1.29 is 9.53 Å². The number of hydrogen-bond acceptors (Lipinski definition) is 3. The van der Waals surface area contributed by atoms with E-state index in [1.807, 2.05) is 43.9 Å². The lowest BCUT2D eigenvalue weighted by Crippen LogP contribution is -2.48. The Morgan fingerprint density at radius 3 is 2.62 bits per heavy atom. The molecule has 4 heteroatoms. The number of rotatable bonds is 4. The minimum absolute atomic E-state index is 0.0922. The summed E-state index contributed by atoms with van der Waals surface area (Å²) in [6.45, 7) is 10.4. The highest BCUT2D eigenvalue weighted by atomic mass is 16.5. The Morgan fingerprint density at radius 2 is 2.00 bits per heavy atom. The average Bonchev–Trinajstić information content (AvgIpc) is 2.44. The number of nitrogens with one attached hydrogen (secondary N) is 1. The molecule has 1 aliphatic heterocycles. The van der Waals surface area contributed by atoms with Crippen LogP contribution in [-0.4, -0.2) is 42.6 Å². The highest BCUT2D eigenvalue weighted by Crippen LogP contribution is 2.22. The molecule has 2 atom stereocenters. The molecule has 0 aliphatic carbocycles. The van der Waals surface area contributed by atoms with Crippen LogP contribution in [0.4, 0.5) is 5.69 Å². The molecule has 1 amide bonds. The van der Waals surface area contributed by atoms with E-state index in [2.05, 4.69) is 12.2 Å². The lowest BCUT2D eigenvalue weighted by atomic mass is 10.1. The zero-order chi connectivity index (χ0) is 15.4. The smallest absolute Gasteiger partial charge is 0.256 e. The minimum atomic E-state index is 0.0922. The molecule has 1 saturated heterocycles. The fourth-order valence-electron chi connectivity index (χ4n) is 2.76. The molecule has 1 aliphatic rings. The topological polar surface area (TPSA) is 41.6 Å². The van der Waals surface area contributed by atoms with Crippen LogP contribution in [0.1, 0.15) is 43.1 Å². The second-order valence-corrected chi connectivity index (χ2v) is 5.94. The van der Waals surface area contributed by atoms with E-state index in [0.717, 1.165) is 29.8 Å². The van der Waals surface area contributed by atoms with Crippen LogP contribution in [-0.2, 0) is 4.74 Å². The molecule has 21 heavy (non-hydrogen) atoms. The highest BCUT2D eigenvalue weighted by Gasteiger charge is 2.27. The van der Waals surface area contributed by atoms with Gasteiger partial charge in [-0.2, -0.15) is 0 Å². The second-order valence-electron chi connectivity index (χ2n) is 5.94. The first-order chi connectivity index (χ1) is 10.0. The summed E-state index contributed by atoms with van der Waals surface area (Å²) in [5.41, 5.74) is 2.80. The van der Waals surface area contributed by atoms with E-state index in [0.29, 0.717) is 13.1 Å². The van der Waals surface area contributed by atoms with Crippen LogP contribution < -0.4 is 5.32 Å². The molecule has 1 fully saturated rings. The normalized spacial score (nSPS) is 22.2. The van der Waals surface area contributed by atoms with Gasteiger partial charge in [-0.05, 0) is 39.3 Å². The van der Waals surface area contributed by atoms with Crippen LogP contribution in [0.2, 0.25) is 0 Å². The first-order valence-electron chi connectivity index (χ1n) is 7.80. The number of carbonyl (C=O) groups excluding carboxylic acids is 1. The highest BCUT2D eigenvalue weighted by molar-refractivity contribution is 6.00. The minimum Gasteiger partial charge on any atom is -0.384 e. The Kier molecular flexibility index (Phi) is 5.23. The summed E-state index contributed by atoms with van der Waals surface area (Å²) in [4.78, 5) is 14.8. The summed E-state index contributed by atoms with van der Waals surface area (Å²) in [5, 5.41) is 3.35. The number of morpholine rings is 1. The Morgan fingerprint density at radius 1 is 1.33 bits per heavy atom. The molecule has 0 radical (unpaired) electrons. The van der Waals surface area contributed by atoms with Crippen molar-refractivity contribution in [2.45, 2.75) is 46.3 Å². The summed E-state index contributed by atoms with van der Waals surface area (Å²) in [7, 11) is 0. The Labute approximate surface area is 127 Å². The lowest BCUT2D eigenvalue weighted by molar-refractivity contribution is -0.0585. The van der Waals surface area contributed by atoms with E-state index in [1.54, 1.807) is 0 Å². The van der Waals surface area contributed by atoms with Crippen molar-refractivity contribution in [2.24, 2.45) is 0 Å². The standard InChI is InChI=1S/C17H26N2O2/c1-5-8-18-16-7-6-12(2)9-15(16)17(20)19-10-13(3)21-14(4)11-19/h6-7,9,13-14,18H,5,8,10-11H2,1-4H3/t13-,14+. The summed E-state index contributed by atoms with van der Waals surface area (Å²) in [6.07, 6.45) is 1.22. The summed E-state index contributed by atoms with van der Waals surface area (Å²) < 4.78 is 5.71. The van der Waals surface area contributed by atoms with Crippen molar-refractivity contribution in [3.63, 3.8) is 0 Å². The molecule has 0 spiro atoms. The quantitative estimate of drug-likeness (QED) is 0.926. The number of ether oxygens (including phenoxy) is 1. The van der Waals surface area contributed by atoms with Crippen LogP contribution in [0.5, 0.6) is 0 Å². The van der Waals surface area contributed by atoms with Gasteiger partial charge in [0.25, 0.3) is 5.91 Å². The fourth-order valence-corrected chi connectivity index (χ4v) is 2.76. The zero-order valence-corrected chi connectivity index (χ0v) is 13.5. The fraction of sp³-hybridized carbons (Fsp3) is 0.588. The van der Waals surface area contributed by atoms with E-state index in [-0.39, 0.29) is 18.1 Å². The maximum atomic E-state index is 12.9. The van der Waals surface area contributed by atoms with Gasteiger partial charge in [-0.1, -0.05) is 18.6 Å². The molecule has 1 aromatic carbocycles. The predicted octanol–water partition coefficient (Wildman–Crippen LogP) is 3.07. The average molecular weight is 290 g/mol. The molecule has 1 N–H and O–H groups in total. The maximum absolute atomic E-state index is 12.9. The Balaban J connectivity index is 2.22. The van der Waals surface area contributed by atoms with Crippen LogP contribution in [0.15, 0.2) is 18.2 Å². The van der Waals surface area contributed by atoms with Crippen LogP contribution in [0.25, 0.3) is 0 Å². The van der Waals surface area contributed by atoms with E-state index in [4.69, 9.17) is 4.74 Å². The lowest BCUT2D eigenvalue weighted by Gasteiger charge is -2.35. The molecule has 116 valence electrons. The third kappa shape index (κ3) is 3.97. The third-order valence-electron chi connectivity index (χ3n) is 3.68. The Bertz CT molecular complexity index is 492. The molecule has 0 saturated carbocycles. The van der Waals surface area contributed by atoms with E-state index >= 15 is 0 Å². The number of aryl methyl sites for hydroxylation is 1. The van der Waals surface area contributed by atoms with E-state index in [1.165, 1.54) is 0 Å². The molecule has 1 aromatic rings. The monoisotopic (exact) mass is 290 g/mol. The van der Waals surface area contributed by atoms with E-state index in [9.17, 15) is 4.79 Å². The van der Waals surface area contributed by atoms with Gasteiger partial charge >= 0.3 is 0 Å². The molecule has 4 nitrogen and oxygen atoms in total. The molecule has 1 heterocycles. The van der Waals surface area contributed by atoms with Gasteiger partial charge in [0.05, 0.1) is 17.8 Å². The largest absolute Gasteiger partial charge is 0.384 e. The predicted molar refractivity (Wildman–Crippen MR) is 85.9 cm³/mol. The number of hydrogen-bond donors (Lipinski definition) is 1. The van der Waals surface area contributed by atoms with Crippen molar-refractivity contribution >= 4 is 11.6 Å². The molecule has 0 unspecified atom stereocenters. The van der Waals surface area contributed by atoms with Crippen molar-refractivity contribution in [3.05, 3.63) is 29.3 Å². The molecule has 0 bridgehead atoms. The van der Waals surface area contributed by atoms with Gasteiger partial charge in [0.1, 0.15) is 0 Å². The van der Waals surface area contributed by atoms with Gasteiger partial charge in [0, 0.05) is 25.3 Å². The number of nitrogens with zero attached hydrogens (tertiary/aromatic N) is 1. The second kappa shape index (κ2) is 6.94. The van der Waals surface area contributed by atoms with Crippen LogP contribution in [0.3, 0.4) is 0 Å². The third-order valence-corrected chi connectivity index (χ3v) is 3.68. The first kappa shape index (κ1) is 15.8. The number of amides is 1. The summed E-state index contributed by atoms with van der Waals surface area (Å²) in [5.74, 6) is 0.0966. The zero-order valence-electron chi connectivity index (χ0n) is 13.5. The van der Waals surface area contributed by atoms with E-state index < -0.39 is 0 Å². The van der Waals surface area contributed by atoms with Gasteiger partial charge in [-0.15, -0.1) is 0 Å². The molecular formula is C17H26N2O2. The first-order valence-corrected chi connectivity index (χ1v) is 7.80. The van der Waals surface area contributed by atoms with Crippen LogP contribution >= 0.6 is 0 Å². The molecular weight excluding hydrogens is 264 g/mol. The summed E-state index contributed by atoms with van der Waals surface area (Å²) >= 11 is 0. The van der Waals surface area contributed by atoms with Gasteiger partial charge in [0.15, 0.2) is 0 Å². The summed E-state index contributed by atoms with van der Waals surface area (Å²) in [6, 6.07) is 6.02. The maximum Gasteiger partial charge on any atom is 0.256 e. The van der Waals surface area contributed by atoms with Gasteiger partial charge < -0.3 is 15.0 Å². The van der Waals surface area contributed by atoms with Crippen LogP contribution in [0, 0.1) is 6.92 Å². The van der Waals surface area contributed by atoms with Gasteiger partial charge in [-0.25, -0.2) is 0 Å². The number of benzene rings is 1. The van der Waals surface area contributed by atoms with Crippen molar-refractivity contribution in [1.82, 2.24) is 4.90 Å². The SMILES string of the molecule is CCCNc1ccc(C)cc1C(=O)N1C[C@@H](C)O[C@@H](C)C1. The van der Waals surface area contributed by atoms with Gasteiger partial charge in [0.2, 0.25) is 0 Å². The molecule has 2 rings (SSSR count). The molecule has 0 aromatic heterocycles. The van der Waals surface area contributed by atoms with Crippen molar-refractivity contribution in [2.75, 3.05) is 25.0 Å². The van der Waals surface area contributed by atoms with Gasteiger partial charge in [-0.3, -0.25) is 4.79 Å². The number of anilines is 1.